The number of aliphatic carboxylic acids is 1. The third-order valence-electron chi connectivity index (χ3n) is 2.53. The summed E-state index contributed by atoms with van der Waals surface area (Å²) in [4.78, 5) is 23.4. The van der Waals surface area contributed by atoms with Crippen LogP contribution in [0.25, 0.3) is 11.1 Å². The molecule has 0 amide bonds. The molecule has 0 saturated heterocycles. The molecule has 0 saturated carbocycles. The number of aromatic nitrogens is 3. The van der Waals surface area contributed by atoms with Gasteiger partial charge in [-0.05, 0) is 31.5 Å². The average molecular weight is 275 g/mol. The van der Waals surface area contributed by atoms with Crippen molar-refractivity contribution in [3.63, 3.8) is 0 Å². The van der Waals surface area contributed by atoms with Crippen LogP contribution in [0.15, 0.2) is 42.1 Å². The molecule has 2 aromatic rings. The maximum absolute atomic E-state index is 11.2. The van der Waals surface area contributed by atoms with Gasteiger partial charge in [-0.1, -0.05) is 11.8 Å². The molecular formula is C13H13N3O2S. The van der Waals surface area contributed by atoms with E-state index in [0.29, 0.717) is 5.03 Å². The molecule has 2 aromatic heterocycles. The third kappa shape index (κ3) is 3.08. The number of rotatable bonds is 4. The maximum atomic E-state index is 11.2. The molecule has 0 fully saturated rings. The molecule has 0 aliphatic carbocycles. The van der Waals surface area contributed by atoms with Crippen LogP contribution in [0.2, 0.25) is 0 Å². The molecule has 19 heavy (non-hydrogen) atoms. The zero-order valence-corrected chi connectivity index (χ0v) is 11.4. The van der Waals surface area contributed by atoms with E-state index in [1.54, 1.807) is 32.4 Å². The van der Waals surface area contributed by atoms with Crippen molar-refractivity contribution in [3.05, 3.63) is 37.1 Å². The number of hydrogen-bond acceptors (Lipinski definition) is 5. The second kappa shape index (κ2) is 5.36. The fraction of sp³-hybridized carbons (Fsp3) is 0.231. The van der Waals surface area contributed by atoms with Crippen molar-refractivity contribution in [1.82, 2.24) is 15.0 Å². The SMILES string of the molecule is CC(C)(Sc1ncncc1-c1ccncc1)C(=O)O. The summed E-state index contributed by atoms with van der Waals surface area (Å²) in [6, 6.07) is 3.69. The van der Waals surface area contributed by atoms with Crippen LogP contribution in [-0.2, 0) is 4.79 Å². The highest BCUT2D eigenvalue weighted by Crippen LogP contribution is 2.36. The van der Waals surface area contributed by atoms with Crippen molar-refractivity contribution >= 4 is 17.7 Å². The van der Waals surface area contributed by atoms with Crippen LogP contribution < -0.4 is 0 Å². The Morgan fingerprint density at radius 2 is 1.95 bits per heavy atom. The molecule has 0 aliphatic heterocycles. The van der Waals surface area contributed by atoms with E-state index in [0.717, 1.165) is 11.1 Å². The fourth-order valence-corrected chi connectivity index (χ4v) is 2.37. The van der Waals surface area contributed by atoms with Gasteiger partial charge in [0.1, 0.15) is 16.1 Å². The number of nitrogens with zero attached hydrogens (tertiary/aromatic N) is 3. The van der Waals surface area contributed by atoms with Gasteiger partial charge < -0.3 is 5.11 Å². The average Bonchev–Trinajstić information content (AvgIpc) is 2.40. The second-order valence-corrected chi connectivity index (χ2v) is 6.01. The Labute approximate surface area is 115 Å². The topological polar surface area (TPSA) is 76.0 Å². The maximum Gasteiger partial charge on any atom is 0.319 e. The number of carboxylic acids is 1. The highest BCUT2D eigenvalue weighted by atomic mass is 32.2. The van der Waals surface area contributed by atoms with E-state index in [1.807, 2.05) is 12.1 Å². The number of thioether (sulfide) groups is 1. The summed E-state index contributed by atoms with van der Waals surface area (Å²) in [5.41, 5.74) is 1.73. The molecule has 2 heterocycles. The smallest absolute Gasteiger partial charge is 0.319 e. The van der Waals surface area contributed by atoms with Gasteiger partial charge in [-0.15, -0.1) is 0 Å². The molecule has 98 valence electrons. The minimum Gasteiger partial charge on any atom is -0.480 e. The number of pyridine rings is 1. The van der Waals surface area contributed by atoms with E-state index in [4.69, 9.17) is 0 Å². The number of hydrogen-bond donors (Lipinski definition) is 1. The van der Waals surface area contributed by atoms with E-state index in [1.165, 1.54) is 18.1 Å². The van der Waals surface area contributed by atoms with Crippen molar-refractivity contribution in [2.24, 2.45) is 0 Å². The zero-order chi connectivity index (χ0) is 13.9. The van der Waals surface area contributed by atoms with Gasteiger partial charge in [0.2, 0.25) is 0 Å². The van der Waals surface area contributed by atoms with Gasteiger partial charge in [-0.25, -0.2) is 9.97 Å². The summed E-state index contributed by atoms with van der Waals surface area (Å²) in [7, 11) is 0. The van der Waals surface area contributed by atoms with Crippen LogP contribution in [0.3, 0.4) is 0 Å². The largest absolute Gasteiger partial charge is 0.480 e. The quantitative estimate of drug-likeness (QED) is 0.682. The van der Waals surface area contributed by atoms with Gasteiger partial charge in [0, 0.05) is 24.2 Å². The van der Waals surface area contributed by atoms with Gasteiger partial charge in [-0.2, -0.15) is 0 Å². The molecular weight excluding hydrogens is 262 g/mol. The predicted octanol–water partition coefficient (Wildman–Crippen LogP) is 2.49. The monoisotopic (exact) mass is 275 g/mol. The summed E-state index contributed by atoms with van der Waals surface area (Å²) >= 11 is 1.20. The van der Waals surface area contributed by atoms with Gasteiger partial charge in [0.05, 0.1) is 0 Å². The van der Waals surface area contributed by atoms with E-state index in [9.17, 15) is 9.90 Å². The van der Waals surface area contributed by atoms with Crippen LogP contribution in [0.1, 0.15) is 13.8 Å². The molecule has 0 spiro atoms. The highest BCUT2D eigenvalue weighted by molar-refractivity contribution is 8.01. The molecule has 6 heteroatoms. The third-order valence-corrected chi connectivity index (χ3v) is 3.74. The lowest BCUT2D eigenvalue weighted by molar-refractivity contribution is -0.138. The molecule has 1 N–H and O–H groups in total. The summed E-state index contributed by atoms with van der Waals surface area (Å²) < 4.78 is -0.948. The summed E-state index contributed by atoms with van der Waals surface area (Å²) in [6.07, 6.45) is 6.46. The van der Waals surface area contributed by atoms with Gasteiger partial charge in [0.15, 0.2) is 0 Å². The summed E-state index contributed by atoms with van der Waals surface area (Å²) in [5.74, 6) is -0.878. The van der Waals surface area contributed by atoms with E-state index in [2.05, 4.69) is 15.0 Å². The predicted molar refractivity (Wildman–Crippen MR) is 72.8 cm³/mol. The first kappa shape index (κ1) is 13.5. The van der Waals surface area contributed by atoms with E-state index in [-0.39, 0.29) is 0 Å². The summed E-state index contributed by atoms with van der Waals surface area (Å²) in [6.45, 7) is 3.30. The summed E-state index contributed by atoms with van der Waals surface area (Å²) in [5, 5.41) is 9.84. The first-order valence-electron chi connectivity index (χ1n) is 5.63. The number of carbonyl (C=O) groups is 1. The first-order chi connectivity index (χ1) is 9.00. The Hall–Kier alpha value is -1.95. The van der Waals surface area contributed by atoms with Crippen LogP contribution in [-0.4, -0.2) is 30.8 Å². The molecule has 5 nitrogen and oxygen atoms in total. The van der Waals surface area contributed by atoms with Crippen molar-refractivity contribution in [2.75, 3.05) is 0 Å². The lowest BCUT2D eigenvalue weighted by atomic mass is 10.1. The molecule has 0 atom stereocenters. The Kier molecular flexibility index (Phi) is 3.80. The number of carboxylic acid groups (broad SMARTS) is 1. The Morgan fingerprint density at radius 1 is 1.26 bits per heavy atom. The normalized spacial score (nSPS) is 11.3. The Morgan fingerprint density at radius 3 is 2.58 bits per heavy atom. The standard InChI is InChI=1S/C13H13N3O2S/c1-13(2,12(17)18)19-11-10(7-15-8-16-11)9-3-5-14-6-4-9/h3-8H,1-2H3,(H,17,18). The minimum atomic E-state index is -0.948. The lowest BCUT2D eigenvalue weighted by Crippen LogP contribution is -2.27. The van der Waals surface area contributed by atoms with Crippen molar-refractivity contribution in [1.29, 1.82) is 0 Å². The van der Waals surface area contributed by atoms with Crippen LogP contribution in [0.5, 0.6) is 0 Å². The molecule has 2 rings (SSSR count). The minimum absolute atomic E-state index is 0.647. The molecule has 0 aromatic carbocycles. The Bertz CT molecular complexity index is 587. The first-order valence-corrected chi connectivity index (χ1v) is 6.45. The van der Waals surface area contributed by atoms with Gasteiger partial charge >= 0.3 is 5.97 Å². The van der Waals surface area contributed by atoms with Gasteiger partial charge in [0.25, 0.3) is 0 Å². The molecule has 0 aliphatic rings. The molecule has 0 radical (unpaired) electrons. The zero-order valence-electron chi connectivity index (χ0n) is 10.6. The van der Waals surface area contributed by atoms with Gasteiger partial charge in [-0.3, -0.25) is 9.78 Å². The van der Waals surface area contributed by atoms with Crippen molar-refractivity contribution < 1.29 is 9.90 Å². The fourth-order valence-electron chi connectivity index (χ4n) is 1.41. The second-order valence-electron chi connectivity index (χ2n) is 4.39. The van der Waals surface area contributed by atoms with Crippen LogP contribution in [0.4, 0.5) is 0 Å². The van der Waals surface area contributed by atoms with Crippen LogP contribution in [0, 0.1) is 0 Å². The van der Waals surface area contributed by atoms with Crippen LogP contribution >= 0.6 is 11.8 Å². The Balaban J connectivity index is 2.40. The van der Waals surface area contributed by atoms with E-state index >= 15 is 0 Å². The molecule has 0 bridgehead atoms. The van der Waals surface area contributed by atoms with Crippen molar-refractivity contribution in [3.8, 4) is 11.1 Å². The molecule has 0 unspecified atom stereocenters. The lowest BCUT2D eigenvalue weighted by Gasteiger charge is -2.19. The highest BCUT2D eigenvalue weighted by Gasteiger charge is 2.30. The van der Waals surface area contributed by atoms with Crippen molar-refractivity contribution in [2.45, 2.75) is 23.6 Å². The van der Waals surface area contributed by atoms with E-state index < -0.39 is 10.7 Å².